The Balaban J connectivity index is 2.11. The van der Waals surface area contributed by atoms with Crippen LogP contribution in [-0.4, -0.2) is 30.6 Å². The number of nitrogens with zero attached hydrogens (tertiary/aromatic N) is 1. The molecule has 0 aliphatic carbocycles. The van der Waals surface area contributed by atoms with Crippen LogP contribution in [0.25, 0.3) is 0 Å². The molecule has 1 saturated heterocycles. The molecule has 0 spiro atoms. The number of unbranched alkanes of at least 4 members (excludes halogenated alkanes) is 6. The van der Waals surface area contributed by atoms with Crippen LogP contribution in [0.2, 0.25) is 0 Å². The smallest absolute Gasteiger partial charge is 0.0218 e. The molecule has 0 aromatic rings. The van der Waals surface area contributed by atoms with Crippen molar-refractivity contribution in [3.63, 3.8) is 0 Å². The van der Waals surface area contributed by atoms with Gasteiger partial charge in [-0.15, -0.1) is 0 Å². The molecular weight excluding hydrogens is 256 g/mol. The van der Waals surface area contributed by atoms with Gasteiger partial charge in [0.15, 0.2) is 0 Å². The van der Waals surface area contributed by atoms with E-state index in [9.17, 15) is 0 Å². The molecule has 0 saturated carbocycles. The maximum absolute atomic E-state index is 6.04. The Morgan fingerprint density at radius 1 is 0.952 bits per heavy atom. The Morgan fingerprint density at radius 3 is 2.05 bits per heavy atom. The van der Waals surface area contributed by atoms with Crippen LogP contribution in [0.4, 0.5) is 0 Å². The lowest BCUT2D eigenvalue weighted by atomic mass is 9.86. The van der Waals surface area contributed by atoms with Crippen molar-refractivity contribution in [2.75, 3.05) is 19.6 Å². The molecule has 2 nitrogen and oxygen atoms in total. The summed E-state index contributed by atoms with van der Waals surface area (Å²) in [5, 5.41) is 0. The van der Waals surface area contributed by atoms with E-state index in [1.54, 1.807) is 0 Å². The average molecular weight is 297 g/mol. The molecule has 126 valence electrons. The summed E-state index contributed by atoms with van der Waals surface area (Å²) in [4.78, 5) is 2.68. The van der Waals surface area contributed by atoms with E-state index in [1.807, 2.05) is 0 Å². The van der Waals surface area contributed by atoms with E-state index < -0.39 is 0 Å². The highest BCUT2D eigenvalue weighted by atomic mass is 15.2. The second kappa shape index (κ2) is 11.5. The minimum Gasteiger partial charge on any atom is -0.329 e. The highest BCUT2D eigenvalue weighted by Gasteiger charge is 2.25. The molecule has 21 heavy (non-hydrogen) atoms. The van der Waals surface area contributed by atoms with Crippen LogP contribution in [0.5, 0.6) is 0 Å². The van der Waals surface area contributed by atoms with E-state index in [-0.39, 0.29) is 0 Å². The predicted octanol–water partition coefficient (Wildman–Crippen LogP) is 4.82. The highest BCUT2D eigenvalue weighted by molar-refractivity contribution is 4.80. The Morgan fingerprint density at radius 2 is 1.52 bits per heavy atom. The van der Waals surface area contributed by atoms with Gasteiger partial charge in [-0.25, -0.2) is 0 Å². The molecule has 0 amide bonds. The van der Waals surface area contributed by atoms with Crippen molar-refractivity contribution in [1.82, 2.24) is 4.90 Å². The second-order valence-electron chi connectivity index (χ2n) is 7.42. The number of rotatable bonds is 11. The molecule has 0 radical (unpaired) electrons. The van der Waals surface area contributed by atoms with Crippen molar-refractivity contribution < 1.29 is 0 Å². The third kappa shape index (κ3) is 7.65. The van der Waals surface area contributed by atoms with Gasteiger partial charge < -0.3 is 5.73 Å². The molecule has 1 heterocycles. The molecule has 1 fully saturated rings. The molecule has 1 rings (SSSR count). The highest BCUT2D eigenvalue weighted by Crippen LogP contribution is 2.26. The summed E-state index contributed by atoms with van der Waals surface area (Å²) in [5.41, 5.74) is 6.04. The number of likely N-dealkylation sites (tertiary alicyclic amines) is 1. The van der Waals surface area contributed by atoms with Gasteiger partial charge >= 0.3 is 0 Å². The summed E-state index contributed by atoms with van der Waals surface area (Å²) in [5.74, 6) is 1.80. The summed E-state index contributed by atoms with van der Waals surface area (Å²) >= 11 is 0. The average Bonchev–Trinajstić information content (AvgIpc) is 2.50. The second-order valence-corrected chi connectivity index (χ2v) is 7.42. The minimum absolute atomic E-state index is 0.647. The monoisotopic (exact) mass is 296 g/mol. The van der Waals surface area contributed by atoms with Gasteiger partial charge in [0, 0.05) is 12.6 Å². The van der Waals surface area contributed by atoms with Gasteiger partial charge in [-0.2, -0.15) is 0 Å². The molecule has 0 aromatic carbocycles. The van der Waals surface area contributed by atoms with Crippen LogP contribution in [0.15, 0.2) is 0 Å². The fraction of sp³-hybridized carbons (Fsp3) is 1.00. The first kappa shape index (κ1) is 19.0. The van der Waals surface area contributed by atoms with E-state index in [0.29, 0.717) is 6.04 Å². The summed E-state index contributed by atoms with van der Waals surface area (Å²) in [6.07, 6.45) is 13.9. The third-order valence-electron chi connectivity index (χ3n) is 5.45. The quantitative estimate of drug-likeness (QED) is 0.554. The van der Waals surface area contributed by atoms with Crippen molar-refractivity contribution >= 4 is 0 Å². The van der Waals surface area contributed by atoms with Gasteiger partial charge in [-0.3, -0.25) is 4.90 Å². The van der Waals surface area contributed by atoms with Gasteiger partial charge in [-0.1, -0.05) is 65.7 Å². The lowest BCUT2D eigenvalue weighted by molar-refractivity contribution is 0.111. The maximum atomic E-state index is 6.04. The first-order valence-corrected chi connectivity index (χ1v) is 9.63. The number of hydrogen-bond donors (Lipinski definition) is 1. The molecule has 1 aliphatic heterocycles. The van der Waals surface area contributed by atoms with Crippen molar-refractivity contribution in [3.05, 3.63) is 0 Å². The van der Waals surface area contributed by atoms with E-state index >= 15 is 0 Å². The fourth-order valence-corrected chi connectivity index (χ4v) is 3.74. The maximum Gasteiger partial charge on any atom is 0.0218 e. The molecule has 0 aromatic heterocycles. The Hall–Kier alpha value is -0.0800. The zero-order chi connectivity index (χ0) is 15.5. The van der Waals surface area contributed by atoms with Crippen LogP contribution in [0.3, 0.4) is 0 Å². The first-order chi connectivity index (χ1) is 10.2. The van der Waals surface area contributed by atoms with E-state index in [4.69, 9.17) is 5.73 Å². The number of nitrogens with two attached hydrogens (primary N) is 1. The number of piperidine rings is 1. The molecule has 0 bridgehead atoms. The summed E-state index contributed by atoms with van der Waals surface area (Å²) in [7, 11) is 0. The lowest BCUT2D eigenvalue weighted by Gasteiger charge is -2.38. The van der Waals surface area contributed by atoms with Gasteiger partial charge in [0.25, 0.3) is 0 Å². The Bertz CT molecular complexity index is 232. The van der Waals surface area contributed by atoms with E-state index in [0.717, 1.165) is 18.4 Å². The van der Waals surface area contributed by atoms with E-state index in [2.05, 4.69) is 25.7 Å². The summed E-state index contributed by atoms with van der Waals surface area (Å²) < 4.78 is 0. The largest absolute Gasteiger partial charge is 0.329 e. The molecule has 1 aliphatic rings. The Kier molecular flexibility index (Phi) is 10.4. The normalized spacial score (nSPS) is 19.3. The van der Waals surface area contributed by atoms with Crippen LogP contribution < -0.4 is 5.73 Å². The Labute approximate surface area is 133 Å². The summed E-state index contributed by atoms with van der Waals surface area (Å²) in [6, 6.07) is 0.647. The zero-order valence-corrected chi connectivity index (χ0v) is 14.9. The minimum atomic E-state index is 0.647. The van der Waals surface area contributed by atoms with Gasteiger partial charge in [0.2, 0.25) is 0 Å². The summed E-state index contributed by atoms with van der Waals surface area (Å²) in [6.45, 7) is 10.4. The van der Waals surface area contributed by atoms with Crippen LogP contribution in [-0.2, 0) is 0 Å². The van der Waals surface area contributed by atoms with Gasteiger partial charge in [-0.05, 0) is 44.2 Å². The molecular formula is C19H40N2. The van der Waals surface area contributed by atoms with Crippen molar-refractivity contribution in [2.24, 2.45) is 17.6 Å². The fourth-order valence-electron chi connectivity index (χ4n) is 3.74. The number of hydrogen-bond acceptors (Lipinski definition) is 2. The first-order valence-electron chi connectivity index (χ1n) is 9.63. The van der Waals surface area contributed by atoms with Crippen LogP contribution >= 0.6 is 0 Å². The molecule has 1 atom stereocenters. The van der Waals surface area contributed by atoms with Crippen molar-refractivity contribution in [1.29, 1.82) is 0 Å². The van der Waals surface area contributed by atoms with Crippen LogP contribution in [0.1, 0.15) is 85.0 Å². The molecule has 1 unspecified atom stereocenters. The van der Waals surface area contributed by atoms with Gasteiger partial charge in [0.1, 0.15) is 0 Å². The van der Waals surface area contributed by atoms with Crippen molar-refractivity contribution in [2.45, 2.75) is 91.0 Å². The van der Waals surface area contributed by atoms with Crippen LogP contribution in [0, 0.1) is 11.8 Å². The standard InChI is InChI=1S/C19H40N2/c1-4-5-6-7-8-9-10-11-19(16-20)21-14-12-18(13-15-21)17(2)3/h17-19H,4-16,20H2,1-3H3. The zero-order valence-electron chi connectivity index (χ0n) is 14.9. The van der Waals surface area contributed by atoms with Crippen molar-refractivity contribution in [3.8, 4) is 0 Å². The lowest BCUT2D eigenvalue weighted by Crippen LogP contribution is -2.45. The third-order valence-corrected chi connectivity index (χ3v) is 5.45. The van der Waals surface area contributed by atoms with Gasteiger partial charge in [0.05, 0.1) is 0 Å². The topological polar surface area (TPSA) is 29.3 Å². The molecule has 2 N–H and O–H groups in total. The van der Waals surface area contributed by atoms with E-state index in [1.165, 1.54) is 77.3 Å². The SMILES string of the molecule is CCCCCCCCCC(CN)N1CCC(C(C)C)CC1. The predicted molar refractivity (Wildman–Crippen MR) is 94.6 cm³/mol. The molecule has 2 heteroatoms.